The first-order valence-electron chi connectivity index (χ1n) is 5.76. The van der Waals surface area contributed by atoms with Gasteiger partial charge in [-0.3, -0.25) is 0 Å². The molecule has 0 heterocycles. The second kappa shape index (κ2) is 6.10. The molecule has 0 aliphatic rings. The third-order valence-corrected chi connectivity index (χ3v) is 3.97. The van der Waals surface area contributed by atoms with Crippen molar-refractivity contribution in [1.29, 1.82) is 5.26 Å². The average Bonchev–Trinajstić information content (AvgIpc) is 2.41. The van der Waals surface area contributed by atoms with Crippen LogP contribution >= 0.6 is 27.5 Å². The maximum absolute atomic E-state index is 8.87. The maximum Gasteiger partial charge on any atom is 0.101 e. The van der Waals surface area contributed by atoms with Gasteiger partial charge >= 0.3 is 0 Å². The Morgan fingerprint density at radius 2 is 2.00 bits per heavy atom. The van der Waals surface area contributed by atoms with Crippen molar-refractivity contribution in [2.45, 2.75) is 6.54 Å². The highest BCUT2D eigenvalue weighted by molar-refractivity contribution is 9.10. The molecular formula is C15H12BrClN2. The normalized spacial score (nSPS) is 10.0. The van der Waals surface area contributed by atoms with E-state index in [4.69, 9.17) is 16.9 Å². The Bertz CT molecular complexity index is 634. The molecule has 2 rings (SSSR count). The van der Waals surface area contributed by atoms with Gasteiger partial charge in [-0.15, -0.1) is 0 Å². The smallest absolute Gasteiger partial charge is 0.101 e. The van der Waals surface area contributed by atoms with Crippen LogP contribution in [0.5, 0.6) is 0 Å². The summed E-state index contributed by atoms with van der Waals surface area (Å²) in [5.74, 6) is 0. The Labute approximate surface area is 126 Å². The van der Waals surface area contributed by atoms with Crippen LogP contribution in [0.25, 0.3) is 0 Å². The standard InChI is InChI=1S/C15H12BrClN2/c1-19(10-12-4-2-3-5-14(12)16)13-7-6-11(9-18)15(17)8-13/h2-8H,10H2,1H3. The molecule has 0 atom stereocenters. The molecule has 19 heavy (non-hydrogen) atoms. The van der Waals surface area contributed by atoms with Crippen LogP contribution in [-0.2, 0) is 6.54 Å². The molecule has 2 aromatic carbocycles. The van der Waals surface area contributed by atoms with Gasteiger partial charge < -0.3 is 4.90 Å². The number of rotatable bonds is 3. The lowest BCUT2D eigenvalue weighted by molar-refractivity contribution is 0.918. The van der Waals surface area contributed by atoms with Crippen molar-refractivity contribution in [3.63, 3.8) is 0 Å². The van der Waals surface area contributed by atoms with Gasteiger partial charge in [0.2, 0.25) is 0 Å². The molecule has 0 spiro atoms. The highest BCUT2D eigenvalue weighted by Gasteiger charge is 2.07. The fourth-order valence-corrected chi connectivity index (χ4v) is 2.43. The zero-order valence-electron chi connectivity index (χ0n) is 10.4. The van der Waals surface area contributed by atoms with Crippen LogP contribution in [0.3, 0.4) is 0 Å². The van der Waals surface area contributed by atoms with Crippen LogP contribution in [0, 0.1) is 11.3 Å². The summed E-state index contributed by atoms with van der Waals surface area (Å²) in [6, 6.07) is 15.6. The summed E-state index contributed by atoms with van der Waals surface area (Å²) in [6.07, 6.45) is 0. The molecule has 0 N–H and O–H groups in total. The van der Waals surface area contributed by atoms with Crippen LogP contribution in [0.4, 0.5) is 5.69 Å². The maximum atomic E-state index is 8.87. The van der Waals surface area contributed by atoms with E-state index in [0.29, 0.717) is 10.6 Å². The predicted molar refractivity (Wildman–Crippen MR) is 82.4 cm³/mol. The van der Waals surface area contributed by atoms with Crippen LogP contribution in [0.2, 0.25) is 5.02 Å². The molecule has 0 radical (unpaired) electrons. The Hall–Kier alpha value is -1.50. The summed E-state index contributed by atoms with van der Waals surface area (Å²) < 4.78 is 1.08. The van der Waals surface area contributed by atoms with Gasteiger partial charge in [-0.05, 0) is 29.8 Å². The Morgan fingerprint density at radius 3 is 2.63 bits per heavy atom. The molecule has 0 saturated carbocycles. The van der Waals surface area contributed by atoms with Crippen LogP contribution in [0.15, 0.2) is 46.9 Å². The lowest BCUT2D eigenvalue weighted by Gasteiger charge is -2.20. The summed E-state index contributed by atoms with van der Waals surface area (Å²) in [7, 11) is 2.00. The van der Waals surface area contributed by atoms with E-state index in [9.17, 15) is 0 Å². The molecule has 0 bridgehead atoms. The van der Waals surface area contributed by atoms with Gasteiger partial charge in [-0.1, -0.05) is 45.7 Å². The van der Waals surface area contributed by atoms with Gasteiger partial charge in [0.25, 0.3) is 0 Å². The highest BCUT2D eigenvalue weighted by atomic mass is 79.9. The number of benzene rings is 2. The zero-order valence-corrected chi connectivity index (χ0v) is 12.7. The summed E-state index contributed by atoms with van der Waals surface area (Å²) >= 11 is 9.59. The number of hydrogen-bond acceptors (Lipinski definition) is 2. The largest absolute Gasteiger partial charge is 0.370 e. The average molecular weight is 336 g/mol. The molecule has 2 aromatic rings. The minimum atomic E-state index is 0.485. The summed E-state index contributed by atoms with van der Waals surface area (Å²) in [6.45, 7) is 0.768. The van der Waals surface area contributed by atoms with E-state index in [1.807, 2.05) is 37.4 Å². The van der Waals surface area contributed by atoms with E-state index >= 15 is 0 Å². The van der Waals surface area contributed by atoms with E-state index in [2.05, 4.69) is 33.0 Å². The molecule has 0 fully saturated rings. The van der Waals surface area contributed by atoms with Gasteiger partial charge in [0, 0.05) is 23.8 Å². The van der Waals surface area contributed by atoms with Gasteiger partial charge in [-0.2, -0.15) is 5.26 Å². The third kappa shape index (κ3) is 3.28. The fourth-order valence-electron chi connectivity index (χ4n) is 1.81. The van der Waals surface area contributed by atoms with Crippen molar-refractivity contribution >= 4 is 33.2 Å². The first-order chi connectivity index (χ1) is 9.11. The van der Waals surface area contributed by atoms with E-state index in [1.54, 1.807) is 6.07 Å². The van der Waals surface area contributed by atoms with Gasteiger partial charge in [0.15, 0.2) is 0 Å². The number of anilines is 1. The zero-order chi connectivity index (χ0) is 13.8. The van der Waals surface area contributed by atoms with E-state index in [0.717, 1.165) is 16.7 Å². The van der Waals surface area contributed by atoms with Crippen molar-refractivity contribution in [3.05, 3.63) is 63.1 Å². The van der Waals surface area contributed by atoms with Crippen molar-refractivity contribution < 1.29 is 0 Å². The second-order valence-corrected chi connectivity index (χ2v) is 5.48. The van der Waals surface area contributed by atoms with Crippen molar-refractivity contribution in [3.8, 4) is 6.07 Å². The molecular weight excluding hydrogens is 324 g/mol. The lowest BCUT2D eigenvalue weighted by Crippen LogP contribution is -2.16. The fraction of sp³-hybridized carbons (Fsp3) is 0.133. The van der Waals surface area contributed by atoms with E-state index < -0.39 is 0 Å². The summed E-state index contributed by atoms with van der Waals surface area (Å²) in [5, 5.41) is 9.35. The quantitative estimate of drug-likeness (QED) is 0.819. The van der Waals surface area contributed by atoms with Crippen molar-refractivity contribution in [1.82, 2.24) is 0 Å². The van der Waals surface area contributed by atoms with Crippen molar-refractivity contribution in [2.24, 2.45) is 0 Å². The molecule has 2 nitrogen and oxygen atoms in total. The van der Waals surface area contributed by atoms with Crippen molar-refractivity contribution in [2.75, 3.05) is 11.9 Å². The molecule has 4 heteroatoms. The summed E-state index contributed by atoms with van der Waals surface area (Å²) in [5.41, 5.74) is 2.69. The van der Waals surface area contributed by atoms with E-state index in [-0.39, 0.29) is 0 Å². The first kappa shape index (κ1) is 13.9. The van der Waals surface area contributed by atoms with Gasteiger partial charge in [0.05, 0.1) is 10.6 Å². The number of nitriles is 1. The summed E-state index contributed by atoms with van der Waals surface area (Å²) in [4.78, 5) is 2.09. The monoisotopic (exact) mass is 334 g/mol. The van der Waals surface area contributed by atoms with Crippen LogP contribution in [0.1, 0.15) is 11.1 Å². The number of nitrogens with zero attached hydrogens (tertiary/aromatic N) is 2. The Balaban J connectivity index is 2.21. The predicted octanol–water partition coefficient (Wildman–Crippen LogP) is 4.61. The SMILES string of the molecule is CN(Cc1ccccc1Br)c1ccc(C#N)c(Cl)c1. The molecule has 0 aliphatic carbocycles. The minimum Gasteiger partial charge on any atom is -0.370 e. The minimum absolute atomic E-state index is 0.485. The van der Waals surface area contributed by atoms with E-state index in [1.165, 1.54) is 5.56 Å². The molecule has 0 amide bonds. The first-order valence-corrected chi connectivity index (χ1v) is 6.93. The molecule has 0 aliphatic heterocycles. The second-order valence-electron chi connectivity index (χ2n) is 4.22. The van der Waals surface area contributed by atoms with Gasteiger partial charge in [-0.25, -0.2) is 0 Å². The van der Waals surface area contributed by atoms with Crippen LogP contribution < -0.4 is 4.90 Å². The topological polar surface area (TPSA) is 27.0 Å². The molecule has 0 saturated heterocycles. The number of halogens is 2. The molecule has 0 unspecified atom stereocenters. The number of hydrogen-bond donors (Lipinski definition) is 0. The Morgan fingerprint density at radius 1 is 1.26 bits per heavy atom. The van der Waals surface area contributed by atoms with Crippen LogP contribution in [-0.4, -0.2) is 7.05 Å². The molecule has 96 valence electrons. The third-order valence-electron chi connectivity index (χ3n) is 2.88. The van der Waals surface area contributed by atoms with Gasteiger partial charge in [0.1, 0.15) is 6.07 Å². The lowest BCUT2D eigenvalue weighted by atomic mass is 10.2. The highest BCUT2D eigenvalue weighted by Crippen LogP contribution is 2.25. The Kier molecular flexibility index (Phi) is 4.47. The molecule has 0 aromatic heterocycles.